The predicted octanol–water partition coefficient (Wildman–Crippen LogP) is 4.29. The molecule has 3 aromatic rings. The Morgan fingerprint density at radius 1 is 0.936 bits per heavy atom. The fourth-order valence-electron chi connectivity index (χ4n) is 5.71. The van der Waals surface area contributed by atoms with Gasteiger partial charge in [-0.1, -0.05) is 23.2 Å². The maximum absolute atomic E-state index is 11.6. The van der Waals surface area contributed by atoms with Crippen molar-refractivity contribution in [3.05, 3.63) is 58.3 Å². The van der Waals surface area contributed by atoms with E-state index in [9.17, 15) is 14.4 Å². The number of anilines is 1. The number of piperazine rings is 1. The first-order valence-electron chi connectivity index (χ1n) is 15.5. The third-order valence-electron chi connectivity index (χ3n) is 8.17. The fourth-order valence-corrected chi connectivity index (χ4v) is 6.23. The number of likely N-dealkylation sites (tertiary alicyclic amines) is 1. The maximum Gasteiger partial charge on any atom is 0.411 e. The summed E-state index contributed by atoms with van der Waals surface area (Å²) in [5, 5.41) is 14.5. The molecule has 0 unspecified atom stereocenters. The van der Waals surface area contributed by atoms with Gasteiger partial charge in [-0.15, -0.1) is 0 Å². The molecule has 250 valence electrons. The van der Waals surface area contributed by atoms with Gasteiger partial charge in [0.2, 0.25) is 23.6 Å². The van der Waals surface area contributed by atoms with Crippen LogP contribution < -0.4 is 20.3 Å². The Bertz CT molecular complexity index is 1540. The SMILES string of the molecule is CC(=O)NCC1CCN(Cc2cc(Oc3cnc(N4CCN(CCC(=O)NC(=O)O)CC4)nc3)nc(-c3cc(Cl)cc(Cl)c3)c2)CC1. The number of pyridine rings is 1. The van der Waals surface area contributed by atoms with Crippen LogP contribution in [0.15, 0.2) is 42.7 Å². The highest BCUT2D eigenvalue weighted by Gasteiger charge is 2.22. The number of aromatic nitrogens is 3. The van der Waals surface area contributed by atoms with Crippen molar-refractivity contribution in [2.24, 2.45) is 5.92 Å². The van der Waals surface area contributed by atoms with E-state index < -0.39 is 12.0 Å². The second kappa shape index (κ2) is 16.2. The Morgan fingerprint density at radius 3 is 2.26 bits per heavy atom. The van der Waals surface area contributed by atoms with Crippen LogP contribution in [0.3, 0.4) is 0 Å². The lowest BCUT2D eigenvalue weighted by Crippen LogP contribution is -2.47. The number of rotatable bonds is 11. The van der Waals surface area contributed by atoms with Crippen molar-refractivity contribution in [2.75, 3.05) is 57.3 Å². The highest BCUT2D eigenvalue weighted by atomic mass is 35.5. The standard InChI is InChI=1S/C32H38Cl2N8O5/c1-21(43)35-17-22-2-5-41(6-3-22)20-23-12-28(24-14-25(33)16-26(34)15-24)38-30(13-23)47-27-18-36-31(37-19-27)42-10-8-40(9-11-42)7-4-29(44)39-32(45)46/h12-16,18-19,22H,2-11,17,20H2,1H3,(H,35,43)(H,39,44)(H,45,46). The molecule has 0 bridgehead atoms. The quantitative estimate of drug-likeness (QED) is 0.265. The Morgan fingerprint density at radius 2 is 1.62 bits per heavy atom. The van der Waals surface area contributed by atoms with Crippen molar-refractivity contribution in [3.8, 4) is 22.9 Å². The largest absolute Gasteiger partial charge is 0.465 e. The molecular formula is C32H38Cl2N8O5. The van der Waals surface area contributed by atoms with E-state index in [2.05, 4.69) is 30.0 Å². The minimum absolute atomic E-state index is 0.00403. The molecule has 1 aromatic carbocycles. The number of benzene rings is 1. The first kappa shape index (κ1) is 34.3. The summed E-state index contributed by atoms with van der Waals surface area (Å²) >= 11 is 12.6. The Kier molecular flexibility index (Phi) is 11.8. The van der Waals surface area contributed by atoms with E-state index >= 15 is 0 Å². The number of piperidine rings is 1. The van der Waals surface area contributed by atoms with E-state index in [1.165, 1.54) is 0 Å². The van der Waals surface area contributed by atoms with Crippen LogP contribution in [0.4, 0.5) is 10.7 Å². The van der Waals surface area contributed by atoms with Crippen molar-refractivity contribution in [2.45, 2.75) is 32.7 Å². The molecule has 5 rings (SSSR count). The van der Waals surface area contributed by atoms with Crippen LogP contribution >= 0.6 is 23.2 Å². The van der Waals surface area contributed by atoms with Gasteiger partial charge in [0.05, 0.1) is 18.1 Å². The second-order valence-corrected chi connectivity index (χ2v) is 12.6. The number of ether oxygens (including phenoxy) is 1. The molecule has 2 saturated heterocycles. The number of carbonyl (C=O) groups is 3. The first-order chi connectivity index (χ1) is 22.6. The number of carbonyl (C=O) groups excluding carboxylic acids is 2. The average molecular weight is 686 g/mol. The first-order valence-corrected chi connectivity index (χ1v) is 16.3. The molecule has 2 aliphatic rings. The predicted molar refractivity (Wildman–Crippen MR) is 178 cm³/mol. The van der Waals surface area contributed by atoms with Crippen LogP contribution in [-0.2, 0) is 16.1 Å². The summed E-state index contributed by atoms with van der Waals surface area (Å²) in [4.78, 5) is 53.9. The van der Waals surface area contributed by atoms with E-state index in [1.54, 1.807) is 25.4 Å². The van der Waals surface area contributed by atoms with E-state index in [0.29, 0.717) is 85.0 Å². The van der Waals surface area contributed by atoms with Crippen LogP contribution in [0.5, 0.6) is 11.6 Å². The van der Waals surface area contributed by atoms with Gasteiger partial charge in [-0.25, -0.2) is 19.7 Å². The van der Waals surface area contributed by atoms with Crippen LogP contribution in [0.25, 0.3) is 11.3 Å². The van der Waals surface area contributed by atoms with Gasteiger partial charge in [0.1, 0.15) is 0 Å². The molecule has 47 heavy (non-hydrogen) atoms. The Hall–Kier alpha value is -4.04. The van der Waals surface area contributed by atoms with Gasteiger partial charge in [-0.2, -0.15) is 0 Å². The number of hydrogen-bond acceptors (Lipinski definition) is 10. The van der Waals surface area contributed by atoms with Crippen molar-refractivity contribution >= 4 is 47.1 Å². The number of nitrogens with zero attached hydrogens (tertiary/aromatic N) is 6. The van der Waals surface area contributed by atoms with Gasteiger partial charge in [-0.3, -0.25) is 24.7 Å². The van der Waals surface area contributed by atoms with Gasteiger partial charge < -0.3 is 20.1 Å². The molecule has 0 aliphatic carbocycles. The summed E-state index contributed by atoms with van der Waals surface area (Å²) in [6, 6.07) is 9.26. The highest BCUT2D eigenvalue weighted by molar-refractivity contribution is 6.35. The molecular weight excluding hydrogens is 647 g/mol. The topological polar surface area (TPSA) is 153 Å². The molecule has 2 aromatic heterocycles. The molecule has 0 atom stereocenters. The van der Waals surface area contributed by atoms with Gasteiger partial charge in [0.25, 0.3) is 0 Å². The molecule has 2 aliphatic heterocycles. The lowest BCUT2D eigenvalue weighted by molar-refractivity contribution is -0.121. The third-order valence-corrected chi connectivity index (χ3v) is 8.60. The molecule has 15 heteroatoms. The van der Waals surface area contributed by atoms with Gasteiger partial charge in [0.15, 0.2) is 5.75 Å². The summed E-state index contributed by atoms with van der Waals surface area (Å²) in [6.45, 7) is 8.02. The fraction of sp³-hybridized carbons (Fsp3) is 0.438. The smallest absolute Gasteiger partial charge is 0.411 e. The summed E-state index contributed by atoms with van der Waals surface area (Å²) in [7, 11) is 0. The minimum Gasteiger partial charge on any atom is -0.465 e. The van der Waals surface area contributed by atoms with Crippen molar-refractivity contribution in [1.29, 1.82) is 0 Å². The summed E-state index contributed by atoms with van der Waals surface area (Å²) < 4.78 is 6.18. The van der Waals surface area contributed by atoms with Crippen LogP contribution in [0, 0.1) is 5.92 Å². The molecule has 0 spiro atoms. The summed E-state index contributed by atoms with van der Waals surface area (Å²) in [6.07, 6.45) is 4.04. The van der Waals surface area contributed by atoms with Gasteiger partial charge in [0, 0.05) is 80.8 Å². The third kappa shape index (κ3) is 10.5. The number of carboxylic acid groups (broad SMARTS) is 1. The van der Waals surface area contributed by atoms with Crippen LogP contribution in [-0.4, -0.2) is 100 Å². The molecule has 0 saturated carbocycles. The minimum atomic E-state index is -1.34. The lowest BCUT2D eigenvalue weighted by Gasteiger charge is -2.34. The summed E-state index contributed by atoms with van der Waals surface area (Å²) in [5.41, 5.74) is 2.48. The number of nitrogens with one attached hydrogen (secondary N) is 2. The molecule has 3 amide bonds. The van der Waals surface area contributed by atoms with E-state index in [1.807, 2.05) is 29.6 Å². The van der Waals surface area contributed by atoms with E-state index in [0.717, 1.165) is 37.1 Å². The van der Waals surface area contributed by atoms with Crippen LogP contribution in [0.2, 0.25) is 10.0 Å². The Labute approximate surface area is 283 Å². The zero-order valence-corrected chi connectivity index (χ0v) is 27.6. The highest BCUT2D eigenvalue weighted by Crippen LogP contribution is 2.31. The zero-order valence-electron chi connectivity index (χ0n) is 26.1. The molecule has 4 heterocycles. The van der Waals surface area contributed by atoms with Crippen molar-refractivity contribution < 1.29 is 24.2 Å². The second-order valence-electron chi connectivity index (χ2n) is 11.8. The molecule has 3 N–H and O–H groups in total. The number of imide groups is 1. The zero-order chi connectivity index (χ0) is 33.3. The lowest BCUT2D eigenvalue weighted by atomic mass is 9.96. The maximum atomic E-state index is 11.6. The monoisotopic (exact) mass is 684 g/mol. The van der Waals surface area contributed by atoms with Gasteiger partial charge in [-0.05, 0) is 61.7 Å². The average Bonchev–Trinajstić information content (AvgIpc) is 3.03. The molecule has 13 nitrogen and oxygen atoms in total. The van der Waals surface area contributed by atoms with E-state index in [4.69, 9.17) is 38.0 Å². The van der Waals surface area contributed by atoms with Crippen molar-refractivity contribution in [1.82, 2.24) is 35.4 Å². The number of hydrogen-bond donors (Lipinski definition) is 3. The van der Waals surface area contributed by atoms with Crippen molar-refractivity contribution in [3.63, 3.8) is 0 Å². The normalized spacial score (nSPS) is 16.1. The molecule has 2 fully saturated rings. The number of halogens is 2. The van der Waals surface area contributed by atoms with E-state index in [-0.39, 0.29) is 12.3 Å². The molecule has 0 radical (unpaired) electrons. The Balaban J connectivity index is 1.23. The number of amides is 3. The van der Waals surface area contributed by atoms with Crippen LogP contribution in [0.1, 0.15) is 31.7 Å². The summed E-state index contributed by atoms with van der Waals surface area (Å²) in [5.74, 6) is 1.37. The van der Waals surface area contributed by atoms with Gasteiger partial charge >= 0.3 is 6.09 Å².